The standard InChI is InChI=1S/C18H22ClN3O2S/c1-12(2)14-4-5-17(16-9-20-18(19)8-15(14)16)21-10-13(11-21)22-6-3-7-25(22,23)24/h4-5,8-9,12-13H,3,6-7,10-11H2,1-2H3. The summed E-state index contributed by atoms with van der Waals surface area (Å²) in [6.07, 6.45) is 2.58. The van der Waals surface area contributed by atoms with Crippen LogP contribution >= 0.6 is 11.6 Å². The molecule has 0 unspecified atom stereocenters. The third-order valence-corrected chi connectivity index (χ3v) is 7.46. The minimum Gasteiger partial charge on any atom is -0.368 e. The maximum atomic E-state index is 12.1. The van der Waals surface area contributed by atoms with Gasteiger partial charge in [0.2, 0.25) is 10.0 Å². The lowest BCUT2D eigenvalue weighted by molar-refractivity contribution is 0.289. The van der Waals surface area contributed by atoms with Gasteiger partial charge < -0.3 is 4.90 Å². The molecule has 7 heteroatoms. The Bertz CT molecular complexity index is 923. The highest BCUT2D eigenvalue weighted by molar-refractivity contribution is 7.89. The molecule has 2 aromatic rings. The van der Waals surface area contributed by atoms with Crippen LogP contribution in [0.4, 0.5) is 5.69 Å². The van der Waals surface area contributed by atoms with Gasteiger partial charge in [-0.2, -0.15) is 4.31 Å². The summed E-state index contributed by atoms with van der Waals surface area (Å²) in [5.74, 6) is 0.687. The van der Waals surface area contributed by atoms with Crippen molar-refractivity contribution in [3.05, 3.63) is 35.1 Å². The molecule has 0 atom stereocenters. The number of nitrogens with zero attached hydrogens (tertiary/aromatic N) is 3. The van der Waals surface area contributed by atoms with Crippen LogP contribution in [0.15, 0.2) is 24.4 Å². The molecule has 0 radical (unpaired) electrons. The number of halogens is 1. The van der Waals surface area contributed by atoms with E-state index in [1.54, 1.807) is 4.31 Å². The first-order chi connectivity index (χ1) is 11.9. The van der Waals surface area contributed by atoms with E-state index < -0.39 is 10.0 Å². The fourth-order valence-corrected chi connectivity index (χ4v) is 5.78. The SMILES string of the molecule is CC(C)c1ccc(N2CC(N3CCCS3(=O)=O)C2)c2cnc(Cl)cc12. The van der Waals surface area contributed by atoms with Crippen molar-refractivity contribution in [1.82, 2.24) is 9.29 Å². The molecule has 2 aliphatic heterocycles. The summed E-state index contributed by atoms with van der Waals surface area (Å²) in [5.41, 5.74) is 2.36. The third kappa shape index (κ3) is 2.90. The molecule has 0 bridgehead atoms. The third-order valence-electron chi connectivity index (χ3n) is 5.25. The molecular formula is C18H22ClN3O2S. The molecule has 5 nitrogen and oxygen atoms in total. The Hall–Kier alpha value is -1.37. The highest BCUT2D eigenvalue weighted by Crippen LogP contribution is 2.36. The molecule has 0 N–H and O–H groups in total. The van der Waals surface area contributed by atoms with Crippen molar-refractivity contribution in [3.63, 3.8) is 0 Å². The van der Waals surface area contributed by atoms with Crippen LogP contribution in [0.1, 0.15) is 31.7 Å². The molecule has 0 amide bonds. The van der Waals surface area contributed by atoms with Crippen LogP contribution in [0.3, 0.4) is 0 Å². The topological polar surface area (TPSA) is 53.5 Å². The zero-order valence-electron chi connectivity index (χ0n) is 14.4. The summed E-state index contributed by atoms with van der Waals surface area (Å²) < 4.78 is 25.9. The number of hydrogen-bond acceptors (Lipinski definition) is 4. The monoisotopic (exact) mass is 379 g/mol. The first-order valence-corrected chi connectivity index (χ1v) is 10.7. The summed E-state index contributed by atoms with van der Waals surface area (Å²) in [6.45, 7) is 6.46. The summed E-state index contributed by atoms with van der Waals surface area (Å²) >= 11 is 6.12. The van der Waals surface area contributed by atoms with Crippen molar-refractivity contribution < 1.29 is 8.42 Å². The first kappa shape index (κ1) is 17.1. The van der Waals surface area contributed by atoms with Gasteiger partial charge in [0.25, 0.3) is 0 Å². The Kier molecular flexibility index (Phi) is 4.17. The first-order valence-electron chi connectivity index (χ1n) is 8.69. The summed E-state index contributed by atoms with van der Waals surface area (Å²) in [4.78, 5) is 6.50. The van der Waals surface area contributed by atoms with Crippen molar-refractivity contribution in [1.29, 1.82) is 0 Å². The normalized spacial score (nSPS) is 21.2. The van der Waals surface area contributed by atoms with Gasteiger partial charge in [-0.3, -0.25) is 0 Å². The van der Waals surface area contributed by atoms with Crippen molar-refractivity contribution in [2.45, 2.75) is 32.2 Å². The van der Waals surface area contributed by atoms with Crippen LogP contribution in [0.2, 0.25) is 5.15 Å². The van der Waals surface area contributed by atoms with Gasteiger partial charge >= 0.3 is 0 Å². The summed E-state index contributed by atoms with van der Waals surface area (Å²) in [5, 5.41) is 2.71. The highest BCUT2D eigenvalue weighted by Gasteiger charge is 2.41. The number of sulfonamides is 1. The second-order valence-corrected chi connectivity index (χ2v) is 9.65. The Morgan fingerprint density at radius 3 is 2.64 bits per heavy atom. The molecule has 2 saturated heterocycles. The summed E-state index contributed by atoms with van der Waals surface area (Å²) in [6, 6.07) is 6.30. The highest BCUT2D eigenvalue weighted by atomic mass is 35.5. The van der Waals surface area contributed by atoms with Crippen LogP contribution in [0.5, 0.6) is 0 Å². The molecule has 0 saturated carbocycles. The zero-order valence-corrected chi connectivity index (χ0v) is 16.0. The minimum atomic E-state index is -3.04. The van der Waals surface area contributed by atoms with E-state index in [9.17, 15) is 8.42 Å². The molecule has 0 aliphatic carbocycles. The molecule has 3 heterocycles. The number of aromatic nitrogens is 1. The predicted octanol–water partition coefficient (Wildman–Crippen LogP) is 3.24. The molecule has 25 heavy (non-hydrogen) atoms. The van der Waals surface area contributed by atoms with Gasteiger partial charge in [-0.1, -0.05) is 31.5 Å². The summed E-state index contributed by atoms with van der Waals surface area (Å²) in [7, 11) is -3.04. The number of hydrogen-bond donors (Lipinski definition) is 0. The largest absolute Gasteiger partial charge is 0.368 e. The number of anilines is 1. The van der Waals surface area contributed by atoms with E-state index in [2.05, 4.69) is 35.9 Å². The maximum Gasteiger partial charge on any atom is 0.214 e. The number of pyridine rings is 1. The van der Waals surface area contributed by atoms with E-state index in [0.29, 0.717) is 17.6 Å². The van der Waals surface area contributed by atoms with Crippen LogP contribution in [0.25, 0.3) is 10.8 Å². The Labute approximate surface area is 153 Å². The van der Waals surface area contributed by atoms with Gasteiger partial charge in [0.1, 0.15) is 5.15 Å². The number of benzene rings is 1. The van der Waals surface area contributed by atoms with Crippen LogP contribution in [-0.2, 0) is 10.0 Å². The minimum absolute atomic E-state index is 0.0904. The van der Waals surface area contributed by atoms with E-state index in [1.165, 1.54) is 5.56 Å². The molecule has 4 rings (SSSR count). The lowest BCUT2D eigenvalue weighted by atomic mass is 9.95. The zero-order chi connectivity index (χ0) is 17.8. The Morgan fingerprint density at radius 1 is 1.24 bits per heavy atom. The van der Waals surface area contributed by atoms with Crippen LogP contribution in [0, 0.1) is 0 Å². The maximum absolute atomic E-state index is 12.1. The van der Waals surface area contributed by atoms with E-state index in [4.69, 9.17) is 11.6 Å². The molecular weight excluding hydrogens is 358 g/mol. The van der Waals surface area contributed by atoms with Gasteiger partial charge in [-0.05, 0) is 35.4 Å². The van der Waals surface area contributed by atoms with Gasteiger partial charge in [-0.25, -0.2) is 13.4 Å². The van der Waals surface area contributed by atoms with Gasteiger partial charge in [0.15, 0.2) is 0 Å². The van der Waals surface area contributed by atoms with Gasteiger partial charge in [-0.15, -0.1) is 0 Å². The average molecular weight is 380 g/mol. The van der Waals surface area contributed by atoms with E-state index in [1.807, 2.05) is 12.3 Å². The van der Waals surface area contributed by atoms with Crippen molar-refractivity contribution in [2.24, 2.45) is 0 Å². The lowest BCUT2D eigenvalue weighted by Gasteiger charge is -2.45. The van der Waals surface area contributed by atoms with Crippen molar-refractivity contribution in [2.75, 3.05) is 30.3 Å². The van der Waals surface area contributed by atoms with Crippen LogP contribution in [-0.4, -0.2) is 49.1 Å². The van der Waals surface area contributed by atoms with Crippen molar-refractivity contribution in [3.8, 4) is 0 Å². The average Bonchev–Trinajstić information content (AvgIpc) is 2.84. The van der Waals surface area contributed by atoms with Crippen LogP contribution < -0.4 is 4.90 Å². The smallest absolute Gasteiger partial charge is 0.214 e. The predicted molar refractivity (Wildman–Crippen MR) is 102 cm³/mol. The Balaban J connectivity index is 1.64. The molecule has 1 aromatic carbocycles. The van der Waals surface area contributed by atoms with E-state index in [0.717, 1.165) is 36.0 Å². The second-order valence-electron chi connectivity index (χ2n) is 7.22. The van der Waals surface area contributed by atoms with Crippen molar-refractivity contribution >= 4 is 38.1 Å². The molecule has 134 valence electrons. The Morgan fingerprint density at radius 2 is 2.00 bits per heavy atom. The fourth-order valence-electron chi connectivity index (χ4n) is 3.90. The molecule has 2 fully saturated rings. The number of rotatable bonds is 3. The van der Waals surface area contributed by atoms with E-state index in [-0.39, 0.29) is 11.8 Å². The molecule has 2 aliphatic rings. The fraction of sp³-hybridized carbons (Fsp3) is 0.500. The lowest BCUT2D eigenvalue weighted by Crippen LogP contribution is -2.59. The second kappa shape index (κ2) is 6.11. The van der Waals surface area contributed by atoms with Gasteiger partial charge in [0, 0.05) is 36.9 Å². The molecule has 0 spiro atoms. The van der Waals surface area contributed by atoms with Gasteiger partial charge in [0.05, 0.1) is 11.8 Å². The van der Waals surface area contributed by atoms with E-state index >= 15 is 0 Å². The molecule has 1 aromatic heterocycles. The quantitative estimate of drug-likeness (QED) is 0.768. The number of fused-ring (bicyclic) bond motifs is 1.